The highest BCUT2D eigenvalue weighted by atomic mass is 16.4. The molecule has 0 amide bonds. The van der Waals surface area contributed by atoms with Gasteiger partial charge in [-0.2, -0.15) is 0 Å². The van der Waals surface area contributed by atoms with Crippen LogP contribution in [0.3, 0.4) is 0 Å². The predicted molar refractivity (Wildman–Crippen MR) is 86.4 cm³/mol. The van der Waals surface area contributed by atoms with Gasteiger partial charge in [-0.1, -0.05) is 39.5 Å². The van der Waals surface area contributed by atoms with Crippen LogP contribution in [0.2, 0.25) is 0 Å². The fraction of sp³-hybridized carbons (Fsp3) is 0.944. The minimum Gasteiger partial charge on any atom is -0.481 e. The smallest absolute Gasteiger partial charge is 0.310 e. The Morgan fingerprint density at radius 3 is 2.05 bits per heavy atom. The Kier molecular flexibility index (Phi) is 5.34. The number of hydrogen-bond donors (Lipinski definition) is 1. The second-order valence-electron chi connectivity index (χ2n) is 8.31. The van der Waals surface area contributed by atoms with Crippen molar-refractivity contribution in [2.24, 2.45) is 10.8 Å². The van der Waals surface area contributed by atoms with Crippen LogP contribution in [0, 0.1) is 10.8 Å². The zero-order valence-electron chi connectivity index (χ0n) is 14.2. The van der Waals surface area contributed by atoms with Crippen LogP contribution in [0.15, 0.2) is 0 Å². The predicted octanol–water partition coefficient (Wildman–Crippen LogP) is 4.31. The van der Waals surface area contributed by atoms with E-state index in [1.165, 1.54) is 38.5 Å². The number of hydrogen-bond acceptors (Lipinski definition) is 2. The summed E-state index contributed by atoms with van der Waals surface area (Å²) in [6.07, 6.45) is 11.3. The summed E-state index contributed by atoms with van der Waals surface area (Å²) in [6.45, 7) is 5.45. The van der Waals surface area contributed by atoms with Gasteiger partial charge in [-0.15, -0.1) is 0 Å². The number of carbonyl (C=O) groups is 1. The summed E-state index contributed by atoms with van der Waals surface area (Å²) in [4.78, 5) is 14.3. The fourth-order valence-corrected chi connectivity index (χ4v) is 4.28. The van der Waals surface area contributed by atoms with E-state index in [2.05, 4.69) is 25.8 Å². The highest BCUT2D eigenvalue weighted by Gasteiger charge is 2.41. The summed E-state index contributed by atoms with van der Waals surface area (Å²) in [5, 5.41) is 9.82. The van der Waals surface area contributed by atoms with E-state index in [9.17, 15) is 9.90 Å². The molecule has 0 unspecified atom stereocenters. The maximum atomic E-state index is 11.9. The molecular formula is C18H33NO2. The van der Waals surface area contributed by atoms with Crippen LogP contribution >= 0.6 is 0 Å². The van der Waals surface area contributed by atoms with Gasteiger partial charge in [-0.05, 0) is 51.0 Å². The molecule has 0 spiro atoms. The Labute approximate surface area is 130 Å². The van der Waals surface area contributed by atoms with Gasteiger partial charge in [-0.3, -0.25) is 4.79 Å². The van der Waals surface area contributed by atoms with Crippen molar-refractivity contribution in [2.45, 2.75) is 84.1 Å². The summed E-state index contributed by atoms with van der Waals surface area (Å²) >= 11 is 0. The molecule has 0 bridgehead atoms. The maximum Gasteiger partial charge on any atom is 0.310 e. The molecule has 0 saturated heterocycles. The number of rotatable bonds is 4. The standard InChI is InChI=1S/C18H33NO2/c1-17(2)12-8-15(9-13-17)19(3)14-18(16(20)21)10-6-4-5-7-11-18/h15H,4-14H2,1-3H3,(H,20,21). The van der Waals surface area contributed by atoms with Crippen LogP contribution in [0.1, 0.15) is 78.1 Å². The number of carboxylic acid groups (broad SMARTS) is 1. The first-order valence-electron chi connectivity index (χ1n) is 8.78. The molecule has 0 radical (unpaired) electrons. The van der Waals surface area contributed by atoms with Crippen molar-refractivity contribution in [3.63, 3.8) is 0 Å². The molecule has 0 aromatic rings. The van der Waals surface area contributed by atoms with E-state index in [0.29, 0.717) is 11.5 Å². The number of nitrogens with zero attached hydrogens (tertiary/aromatic N) is 1. The molecule has 21 heavy (non-hydrogen) atoms. The summed E-state index contributed by atoms with van der Waals surface area (Å²) in [5.41, 5.74) is -0.0115. The van der Waals surface area contributed by atoms with Crippen molar-refractivity contribution in [1.29, 1.82) is 0 Å². The third-order valence-electron chi connectivity index (χ3n) is 6.00. The zero-order chi connectivity index (χ0) is 15.5. The lowest BCUT2D eigenvalue weighted by atomic mass is 9.74. The lowest BCUT2D eigenvalue weighted by Gasteiger charge is -2.41. The minimum atomic E-state index is -0.563. The van der Waals surface area contributed by atoms with Crippen LogP contribution in [-0.2, 0) is 4.79 Å². The van der Waals surface area contributed by atoms with E-state index in [1.54, 1.807) is 0 Å². The van der Waals surface area contributed by atoms with Gasteiger partial charge >= 0.3 is 5.97 Å². The SMILES string of the molecule is CN(CC1(C(=O)O)CCCCCC1)C1CCC(C)(C)CC1. The second kappa shape index (κ2) is 6.68. The van der Waals surface area contributed by atoms with Gasteiger partial charge < -0.3 is 10.0 Å². The van der Waals surface area contributed by atoms with Crippen LogP contribution in [-0.4, -0.2) is 35.6 Å². The maximum absolute atomic E-state index is 11.9. The molecule has 0 atom stereocenters. The Hall–Kier alpha value is -0.570. The normalized spacial score (nSPS) is 26.5. The van der Waals surface area contributed by atoms with Crippen LogP contribution in [0.4, 0.5) is 0 Å². The first-order chi connectivity index (χ1) is 9.85. The molecule has 0 aromatic carbocycles. The monoisotopic (exact) mass is 295 g/mol. The van der Waals surface area contributed by atoms with Gasteiger partial charge in [0.15, 0.2) is 0 Å². The molecule has 2 rings (SSSR count). The summed E-state index contributed by atoms with van der Waals surface area (Å²) in [5.74, 6) is -0.563. The van der Waals surface area contributed by atoms with Crippen molar-refractivity contribution in [2.75, 3.05) is 13.6 Å². The average Bonchev–Trinajstić information content (AvgIpc) is 2.65. The highest BCUT2D eigenvalue weighted by molar-refractivity contribution is 5.75. The van der Waals surface area contributed by atoms with Crippen LogP contribution in [0.25, 0.3) is 0 Å². The molecular weight excluding hydrogens is 262 g/mol. The van der Waals surface area contributed by atoms with E-state index < -0.39 is 11.4 Å². The molecule has 2 fully saturated rings. The molecule has 2 aliphatic carbocycles. The molecule has 3 heteroatoms. The lowest BCUT2D eigenvalue weighted by molar-refractivity contribution is -0.151. The Morgan fingerprint density at radius 1 is 1.05 bits per heavy atom. The van der Waals surface area contributed by atoms with E-state index in [-0.39, 0.29) is 0 Å². The topological polar surface area (TPSA) is 40.5 Å². The molecule has 2 saturated carbocycles. The highest BCUT2D eigenvalue weighted by Crippen LogP contribution is 2.40. The third kappa shape index (κ3) is 4.21. The Balaban J connectivity index is 1.98. The molecule has 0 aromatic heterocycles. The molecule has 0 aliphatic heterocycles. The van der Waals surface area contributed by atoms with Gasteiger partial charge in [0.05, 0.1) is 5.41 Å². The molecule has 2 aliphatic rings. The van der Waals surface area contributed by atoms with Gasteiger partial charge in [0.1, 0.15) is 0 Å². The Morgan fingerprint density at radius 2 is 1.57 bits per heavy atom. The van der Waals surface area contributed by atoms with E-state index in [1.807, 2.05) is 0 Å². The Bertz CT molecular complexity index is 346. The van der Waals surface area contributed by atoms with Gasteiger partial charge in [0, 0.05) is 12.6 Å². The molecule has 0 heterocycles. The lowest BCUT2D eigenvalue weighted by Crippen LogP contribution is -2.46. The average molecular weight is 295 g/mol. The van der Waals surface area contributed by atoms with E-state index in [4.69, 9.17) is 0 Å². The molecule has 3 nitrogen and oxygen atoms in total. The molecule has 1 N–H and O–H groups in total. The number of aliphatic carboxylic acids is 1. The first-order valence-corrected chi connectivity index (χ1v) is 8.78. The quantitative estimate of drug-likeness (QED) is 0.786. The fourth-order valence-electron chi connectivity index (χ4n) is 4.28. The summed E-state index contributed by atoms with van der Waals surface area (Å²) in [7, 11) is 2.15. The van der Waals surface area contributed by atoms with E-state index in [0.717, 1.165) is 32.2 Å². The molecule has 122 valence electrons. The van der Waals surface area contributed by atoms with Gasteiger partial charge in [0.2, 0.25) is 0 Å². The van der Waals surface area contributed by atoms with Crippen molar-refractivity contribution >= 4 is 5.97 Å². The first kappa shape index (κ1) is 16.8. The third-order valence-corrected chi connectivity index (χ3v) is 6.00. The van der Waals surface area contributed by atoms with E-state index >= 15 is 0 Å². The number of carboxylic acids is 1. The summed E-state index contributed by atoms with van der Waals surface area (Å²) < 4.78 is 0. The largest absolute Gasteiger partial charge is 0.481 e. The van der Waals surface area contributed by atoms with Gasteiger partial charge in [-0.25, -0.2) is 0 Å². The van der Waals surface area contributed by atoms with Crippen molar-refractivity contribution in [3.05, 3.63) is 0 Å². The van der Waals surface area contributed by atoms with Crippen molar-refractivity contribution in [1.82, 2.24) is 4.90 Å². The second-order valence-corrected chi connectivity index (χ2v) is 8.31. The van der Waals surface area contributed by atoms with Crippen molar-refractivity contribution in [3.8, 4) is 0 Å². The van der Waals surface area contributed by atoms with Crippen LogP contribution < -0.4 is 0 Å². The van der Waals surface area contributed by atoms with Crippen molar-refractivity contribution < 1.29 is 9.90 Å². The van der Waals surface area contributed by atoms with Crippen LogP contribution in [0.5, 0.6) is 0 Å². The zero-order valence-corrected chi connectivity index (χ0v) is 14.2. The minimum absolute atomic E-state index is 0.476. The summed E-state index contributed by atoms with van der Waals surface area (Å²) in [6, 6.07) is 0.581. The van der Waals surface area contributed by atoms with Gasteiger partial charge in [0.25, 0.3) is 0 Å².